The fraction of sp³-hybridized carbons (Fsp3) is 0. The molecule has 94 valence electrons. The second kappa shape index (κ2) is 4.33. The average Bonchev–Trinajstić information content (AvgIpc) is 2.77. The van der Waals surface area contributed by atoms with Crippen molar-refractivity contribution < 1.29 is 4.79 Å². The summed E-state index contributed by atoms with van der Waals surface area (Å²) in [6.45, 7) is 0. The van der Waals surface area contributed by atoms with Gasteiger partial charge < -0.3 is 11.5 Å². The lowest BCUT2D eigenvalue weighted by molar-refractivity contribution is 0.100. The van der Waals surface area contributed by atoms with Crippen LogP contribution in [0.4, 0.5) is 5.13 Å². The summed E-state index contributed by atoms with van der Waals surface area (Å²) in [6, 6.07) is 10.8. The number of rotatable bonds is 2. The van der Waals surface area contributed by atoms with Gasteiger partial charge in [-0.3, -0.25) is 4.79 Å². The molecule has 3 aromatic rings. The summed E-state index contributed by atoms with van der Waals surface area (Å²) in [7, 11) is 0. The van der Waals surface area contributed by atoms with Crippen LogP contribution in [0.1, 0.15) is 10.4 Å². The van der Waals surface area contributed by atoms with Crippen LogP contribution in [0.25, 0.3) is 21.6 Å². The predicted octanol–water partition coefficient (Wildman–Crippen LogP) is 2.04. The van der Waals surface area contributed by atoms with Gasteiger partial charge in [-0.15, -0.1) is 0 Å². The van der Waals surface area contributed by atoms with Crippen molar-refractivity contribution in [1.82, 2.24) is 9.97 Å². The maximum atomic E-state index is 11.2. The number of carbonyl (C=O) groups is 1. The number of nitrogens with zero attached hydrogens (tertiary/aromatic N) is 2. The molecule has 1 amide bonds. The smallest absolute Gasteiger partial charge is 0.248 e. The summed E-state index contributed by atoms with van der Waals surface area (Å²) >= 11 is 1.34. The van der Waals surface area contributed by atoms with Gasteiger partial charge in [0, 0.05) is 11.1 Å². The Morgan fingerprint density at radius 1 is 1.16 bits per heavy atom. The van der Waals surface area contributed by atoms with Gasteiger partial charge >= 0.3 is 0 Å². The number of carbonyl (C=O) groups excluding carboxylic acids is 1. The molecule has 0 aliphatic carbocycles. The monoisotopic (exact) mass is 270 g/mol. The fourth-order valence-electron chi connectivity index (χ4n) is 1.83. The van der Waals surface area contributed by atoms with Gasteiger partial charge in [0.15, 0.2) is 5.13 Å². The zero-order valence-corrected chi connectivity index (χ0v) is 10.6. The van der Waals surface area contributed by atoms with Crippen LogP contribution in [-0.2, 0) is 0 Å². The first-order chi connectivity index (χ1) is 9.13. The average molecular weight is 270 g/mol. The minimum atomic E-state index is -0.454. The minimum absolute atomic E-state index is 0.454. The third-order valence-corrected chi connectivity index (χ3v) is 3.51. The largest absolute Gasteiger partial charge is 0.375 e. The number of thiazole rings is 1. The highest BCUT2D eigenvalue weighted by Gasteiger charge is 2.07. The van der Waals surface area contributed by atoms with E-state index in [-0.39, 0.29) is 0 Å². The van der Waals surface area contributed by atoms with E-state index in [1.54, 1.807) is 18.2 Å². The Kier molecular flexibility index (Phi) is 2.64. The van der Waals surface area contributed by atoms with Gasteiger partial charge in [-0.2, -0.15) is 0 Å². The van der Waals surface area contributed by atoms with E-state index in [9.17, 15) is 4.79 Å². The summed E-state index contributed by atoms with van der Waals surface area (Å²) < 4.78 is 0. The number of anilines is 1. The number of aromatic nitrogens is 2. The molecule has 2 aromatic heterocycles. The normalized spacial score (nSPS) is 10.7. The fourth-order valence-corrected chi connectivity index (χ4v) is 2.53. The van der Waals surface area contributed by atoms with Crippen LogP contribution in [0.2, 0.25) is 0 Å². The highest BCUT2D eigenvalue weighted by atomic mass is 32.1. The number of benzene rings is 1. The number of hydrogen-bond donors (Lipinski definition) is 2. The zero-order chi connectivity index (χ0) is 13.4. The first kappa shape index (κ1) is 11.6. The molecular weight excluding hydrogens is 260 g/mol. The molecule has 0 saturated heterocycles. The van der Waals surface area contributed by atoms with Crippen LogP contribution in [0.15, 0.2) is 36.4 Å². The molecule has 2 heterocycles. The van der Waals surface area contributed by atoms with Gasteiger partial charge in [-0.1, -0.05) is 23.5 Å². The molecule has 0 atom stereocenters. The molecule has 0 aliphatic heterocycles. The summed E-state index contributed by atoms with van der Waals surface area (Å²) in [5.41, 5.74) is 13.8. The molecular formula is C13H10N4OS. The van der Waals surface area contributed by atoms with Crippen LogP contribution >= 0.6 is 11.3 Å². The highest BCUT2D eigenvalue weighted by molar-refractivity contribution is 7.21. The number of fused-ring (bicyclic) bond motifs is 1. The Balaban J connectivity index is 2.12. The molecule has 4 N–H and O–H groups in total. The Morgan fingerprint density at radius 3 is 2.79 bits per heavy atom. The van der Waals surface area contributed by atoms with Crippen LogP contribution in [0.3, 0.4) is 0 Å². The van der Waals surface area contributed by atoms with Crippen molar-refractivity contribution in [2.24, 2.45) is 5.73 Å². The lowest BCUT2D eigenvalue weighted by Crippen LogP contribution is -2.10. The summed E-state index contributed by atoms with van der Waals surface area (Å²) in [5.74, 6) is -0.454. The number of pyridine rings is 1. The first-order valence-electron chi connectivity index (χ1n) is 5.57. The van der Waals surface area contributed by atoms with Crippen molar-refractivity contribution >= 4 is 32.7 Å². The number of amides is 1. The van der Waals surface area contributed by atoms with Gasteiger partial charge in [0.1, 0.15) is 10.3 Å². The molecule has 0 unspecified atom stereocenters. The molecule has 0 aliphatic rings. The van der Waals surface area contributed by atoms with Crippen molar-refractivity contribution in [2.75, 3.05) is 5.73 Å². The second-order valence-electron chi connectivity index (χ2n) is 4.02. The molecule has 0 radical (unpaired) electrons. The van der Waals surface area contributed by atoms with Crippen molar-refractivity contribution in [3.8, 4) is 11.3 Å². The van der Waals surface area contributed by atoms with E-state index >= 15 is 0 Å². The summed E-state index contributed by atoms with van der Waals surface area (Å²) in [6.07, 6.45) is 0. The summed E-state index contributed by atoms with van der Waals surface area (Å²) in [5, 5.41) is 0.491. The highest BCUT2D eigenvalue weighted by Crippen LogP contribution is 2.26. The van der Waals surface area contributed by atoms with Gasteiger partial charge in [0.2, 0.25) is 5.91 Å². The maximum absolute atomic E-state index is 11.2. The van der Waals surface area contributed by atoms with E-state index in [4.69, 9.17) is 11.5 Å². The molecule has 6 heteroatoms. The predicted molar refractivity (Wildman–Crippen MR) is 75.8 cm³/mol. The van der Waals surface area contributed by atoms with Gasteiger partial charge in [0.05, 0.1) is 5.69 Å². The van der Waals surface area contributed by atoms with Gasteiger partial charge in [-0.25, -0.2) is 9.97 Å². The molecule has 19 heavy (non-hydrogen) atoms. The van der Waals surface area contributed by atoms with Gasteiger partial charge in [-0.05, 0) is 24.3 Å². The number of primary amides is 1. The number of nitrogens with two attached hydrogens (primary N) is 2. The quantitative estimate of drug-likeness (QED) is 0.745. The van der Waals surface area contributed by atoms with Crippen LogP contribution in [-0.4, -0.2) is 15.9 Å². The van der Waals surface area contributed by atoms with Gasteiger partial charge in [0.25, 0.3) is 0 Å². The van der Waals surface area contributed by atoms with Crippen LogP contribution in [0.5, 0.6) is 0 Å². The maximum Gasteiger partial charge on any atom is 0.248 e. The van der Waals surface area contributed by atoms with Crippen molar-refractivity contribution in [1.29, 1.82) is 0 Å². The Hall–Kier alpha value is -2.47. The van der Waals surface area contributed by atoms with Crippen molar-refractivity contribution in [3.05, 3.63) is 42.0 Å². The number of hydrogen-bond acceptors (Lipinski definition) is 5. The van der Waals surface area contributed by atoms with E-state index in [2.05, 4.69) is 9.97 Å². The molecule has 0 fully saturated rings. The van der Waals surface area contributed by atoms with E-state index in [1.807, 2.05) is 18.2 Å². The lowest BCUT2D eigenvalue weighted by atomic mass is 10.1. The molecule has 3 rings (SSSR count). The number of nitrogen functional groups attached to an aromatic ring is 1. The van der Waals surface area contributed by atoms with Crippen molar-refractivity contribution in [2.45, 2.75) is 0 Å². The Bertz CT molecular complexity index is 781. The SMILES string of the molecule is NC(=O)c1cccc(-c2ccc3nc(N)sc3n2)c1. The molecule has 0 saturated carbocycles. The third kappa shape index (κ3) is 2.13. The standard InChI is InChI=1S/C13H10N4OS/c14-11(18)8-3-1-2-7(6-8)9-4-5-10-12(16-9)19-13(15)17-10/h1-6H,(H2,14,18)(H2,15,17). The Morgan fingerprint density at radius 2 is 2.00 bits per heavy atom. The van der Waals surface area contributed by atoms with E-state index in [0.29, 0.717) is 10.7 Å². The molecule has 0 bridgehead atoms. The first-order valence-corrected chi connectivity index (χ1v) is 6.38. The summed E-state index contributed by atoms with van der Waals surface area (Å²) in [4.78, 5) is 20.6. The minimum Gasteiger partial charge on any atom is -0.375 e. The lowest BCUT2D eigenvalue weighted by Gasteiger charge is -2.02. The second-order valence-corrected chi connectivity index (χ2v) is 5.03. The topological polar surface area (TPSA) is 94.9 Å². The van der Waals surface area contributed by atoms with Crippen LogP contribution < -0.4 is 11.5 Å². The third-order valence-electron chi connectivity index (χ3n) is 2.71. The van der Waals surface area contributed by atoms with E-state index in [0.717, 1.165) is 21.6 Å². The van der Waals surface area contributed by atoms with Crippen molar-refractivity contribution in [3.63, 3.8) is 0 Å². The molecule has 1 aromatic carbocycles. The van der Waals surface area contributed by atoms with E-state index in [1.165, 1.54) is 11.3 Å². The molecule has 5 nitrogen and oxygen atoms in total. The Labute approximate surface area is 112 Å². The molecule has 0 spiro atoms. The van der Waals surface area contributed by atoms with E-state index < -0.39 is 5.91 Å². The zero-order valence-electron chi connectivity index (χ0n) is 9.83. The van der Waals surface area contributed by atoms with Crippen LogP contribution in [0, 0.1) is 0 Å².